The van der Waals surface area contributed by atoms with Gasteiger partial charge in [0.2, 0.25) is 0 Å². The van der Waals surface area contributed by atoms with Crippen LogP contribution in [0.3, 0.4) is 0 Å². The van der Waals surface area contributed by atoms with Crippen molar-refractivity contribution < 1.29 is 4.74 Å². The first-order chi connectivity index (χ1) is 3.43. The minimum Gasteiger partial charge on any atom is -0.366 e. The summed E-state index contributed by atoms with van der Waals surface area (Å²) in [5.41, 5.74) is 0.292. The van der Waals surface area contributed by atoms with Crippen molar-refractivity contribution in [1.29, 1.82) is 0 Å². The molecule has 0 aromatic heterocycles. The van der Waals surface area contributed by atoms with Crippen LogP contribution >= 0.6 is 11.9 Å². The quantitative estimate of drug-likeness (QED) is 0.517. The molecule has 0 amide bonds. The van der Waals surface area contributed by atoms with Crippen LogP contribution in [0, 0.1) is 0 Å². The van der Waals surface area contributed by atoms with E-state index >= 15 is 0 Å². The molecule has 2 N–H and O–H groups in total. The van der Waals surface area contributed by atoms with Crippen LogP contribution < -0.4 is 5.14 Å². The number of hydrogen-bond donors (Lipinski definition) is 1. The molecule has 1 unspecified atom stereocenters. The molecule has 0 spiro atoms. The molecule has 1 aliphatic heterocycles. The lowest BCUT2D eigenvalue weighted by Gasteiger charge is -2.00. The lowest BCUT2D eigenvalue weighted by Crippen LogP contribution is -2.01. The molecule has 1 rings (SSSR count). The lowest BCUT2D eigenvalue weighted by molar-refractivity contribution is 0.173. The summed E-state index contributed by atoms with van der Waals surface area (Å²) < 4.78 is 5.14. The topological polar surface area (TPSA) is 35.2 Å². The van der Waals surface area contributed by atoms with Crippen molar-refractivity contribution in [3.05, 3.63) is 0 Å². The van der Waals surface area contributed by atoms with Gasteiger partial charge in [-0.05, 0) is 12.8 Å². The molecule has 0 saturated carbocycles. The highest BCUT2D eigenvalue weighted by Gasteiger charge is 2.12. The van der Waals surface area contributed by atoms with Crippen LogP contribution in [-0.4, -0.2) is 12.0 Å². The molecule has 1 atom stereocenters. The molecule has 0 aliphatic carbocycles. The van der Waals surface area contributed by atoms with Gasteiger partial charge in [0.1, 0.15) is 5.44 Å². The zero-order valence-electron chi connectivity index (χ0n) is 4.09. The summed E-state index contributed by atoms with van der Waals surface area (Å²) in [5, 5.41) is 5.23. The molecule has 1 aliphatic rings. The van der Waals surface area contributed by atoms with Gasteiger partial charge in [-0.2, -0.15) is 0 Å². The van der Waals surface area contributed by atoms with Gasteiger partial charge in [0.15, 0.2) is 0 Å². The second-order valence-corrected chi connectivity index (χ2v) is 2.38. The lowest BCUT2D eigenvalue weighted by atomic mass is 10.4. The summed E-state index contributed by atoms with van der Waals surface area (Å²) in [6.07, 6.45) is 2.30. The van der Waals surface area contributed by atoms with Crippen LogP contribution in [0.4, 0.5) is 0 Å². The SMILES string of the molecule is NSC1CCCO1. The Kier molecular flexibility index (Phi) is 1.97. The third-order valence-corrected chi connectivity index (χ3v) is 1.72. The molecule has 1 fully saturated rings. The van der Waals surface area contributed by atoms with E-state index in [2.05, 4.69) is 0 Å². The van der Waals surface area contributed by atoms with E-state index in [-0.39, 0.29) is 0 Å². The minimum absolute atomic E-state index is 0.292. The van der Waals surface area contributed by atoms with Crippen molar-refractivity contribution in [2.24, 2.45) is 5.14 Å². The van der Waals surface area contributed by atoms with Gasteiger partial charge < -0.3 is 4.74 Å². The molecule has 0 radical (unpaired) electrons. The third-order valence-electron chi connectivity index (χ3n) is 1.04. The highest BCUT2D eigenvalue weighted by atomic mass is 32.2. The Morgan fingerprint density at radius 2 is 2.57 bits per heavy atom. The molecule has 3 heteroatoms. The Morgan fingerprint density at radius 3 is 2.86 bits per heavy atom. The summed E-state index contributed by atoms with van der Waals surface area (Å²) in [6.45, 7) is 0.898. The summed E-state index contributed by atoms with van der Waals surface area (Å²) in [4.78, 5) is 0. The van der Waals surface area contributed by atoms with E-state index in [9.17, 15) is 0 Å². The van der Waals surface area contributed by atoms with Crippen molar-refractivity contribution >= 4 is 11.9 Å². The summed E-state index contributed by atoms with van der Waals surface area (Å²) >= 11 is 1.31. The first kappa shape index (κ1) is 5.41. The molecule has 42 valence electrons. The van der Waals surface area contributed by atoms with Gasteiger partial charge in [-0.25, -0.2) is 0 Å². The predicted octanol–water partition coefficient (Wildman–Crippen LogP) is 0.730. The monoisotopic (exact) mass is 119 g/mol. The van der Waals surface area contributed by atoms with Crippen LogP contribution in [0.2, 0.25) is 0 Å². The maximum atomic E-state index is 5.23. The van der Waals surface area contributed by atoms with Crippen molar-refractivity contribution in [3.8, 4) is 0 Å². The fraction of sp³-hybridized carbons (Fsp3) is 1.00. The van der Waals surface area contributed by atoms with Gasteiger partial charge in [0.25, 0.3) is 0 Å². The maximum Gasteiger partial charge on any atom is 0.117 e. The van der Waals surface area contributed by atoms with Crippen LogP contribution in [0.5, 0.6) is 0 Å². The zero-order valence-corrected chi connectivity index (χ0v) is 4.91. The molecule has 7 heavy (non-hydrogen) atoms. The molecule has 0 aromatic carbocycles. The van der Waals surface area contributed by atoms with Crippen LogP contribution in [-0.2, 0) is 4.74 Å². The fourth-order valence-electron chi connectivity index (χ4n) is 0.655. The third kappa shape index (κ3) is 1.33. The number of rotatable bonds is 1. The molecule has 0 bridgehead atoms. The second kappa shape index (κ2) is 2.55. The van der Waals surface area contributed by atoms with E-state index in [0.29, 0.717) is 5.44 Å². The average molecular weight is 119 g/mol. The van der Waals surface area contributed by atoms with E-state index in [4.69, 9.17) is 9.88 Å². The van der Waals surface area contributed by atoms with E-state index < -0.39 is 0 Å². The van der Waals surface area contributed by atoms with E-state index in [0.717, 1.165) is 13.0 Å². The first-order valence-corrected chi connectivity index (χ1v) is 3.35. The molecule has 2 nitrogen and oxygen atoms in total. The Hall–Kier alpha value is 0.270. The normalized spacial score (nSPS) is 31.3. The Labute approximate surface area is 47.5 Å². The van der Waals surface area contributed by atoms with Crippen LogP contribution in [0.1, 0.15) is 12.8 Å². The van der Waals surface area contributed by atoms with E-state index in [1.54, 1.807) is 0 Å². The van der Waals surface area contributed by atoms with Gasteiger partial charge >= 0.3 is 0 Å². The maximum absolute atomic E-state index is 5.23. The molecule has 1 heterocycles. The molecular weight excluding hydrogens is 110 g/mol. The standard InChI is InChI=1S/C4H9NOS/c5-7-4-2-1-3-6-4/h4H,1-3,5H2. The van der Waals surface area contributed by atoms with Gasteiger partial charge in [-0.1, -0.05) is 11.9 Å². The number of nitrogens with two attached hydrogens (primary N) is 1. The Balaban J connectivity index is 2.14. The molecule has 0 aromatic rings. The largest absolute Gasteiger partial charge is 0.366 e. The molecular formula is C4H9NOS. The van der Waals surface area contributed by atoms with Crippen molar-refractivity contribution in [2.45, 2.75) is 18.3 Å². The van der Waals surface area contributed by atoms with Crippen molar-refractivity contribution in [3.63, 3.8) is 0 Å². The summed E-state index contributed by atoms with van der Waals surface area (Å²) in [5.74, 6) is 0. The average Bonchev–Trinajstić information content (AvgIpc) is 2.14. The van der Waals surface area contributed by atoms with Gasteiger partial charge in [0, 0.05) is 6.61 Å². The highest BCUT2D eigenvalue weighted by Crippen LogP contribution is 2.18. The molecule has 1 saturated heterocycles. The predicted molar refractivity (Wildman–Crippen MR) is 30.8 cm³/mol. The second-order valence-electron chi connectivity index (χ2n) is 1.58. The minimum atomic E-state index is 0.292. The number of hydrogen-bond acceptors (Lipinski definition) is 3. The van der Waals surface area contributed by atoms with Crippen molar-refractivity contribution in [2.75, 3.05) is 6.61 Å². The van der Waals surface area contributed by atoms with E-state index in [1.807, 2.05) is 0 Å². The van der Waals surface area contributed by atoms with Gasteiger partial charge in [-0.15, -0.1) is 0 Å². The van der Waals surface area contributed by atoms with Gasteiger partial charge in [-0.3, -0.25) is 5.14 Å². The summed E-state index contributed by atoms with van der Waals surface area (Å²) in [7, 11) is 0. The summed E-state index contributed by atoms with van der Waals surface area (Å²) in [6, 6.07) is 0. The Morgan fingerprint density at radius 1 is 1.71 bits per heavy atom. The smallest absolute Gasteiger partial charge is 0.117 e. The number of ether oxygens (including phenoxy) is 1. The zero-order chi connectivity index (χ0) is 5.11. The van der Waals surface area contributed by atoms with Crippen molar-refractivity contribution in [1.82, 2.24) is 0 Å². The fourth-order valence-corrected chi connectivity index (χ4v) is 1.13. The highest BCUT2D eigenvalue weighted by molar-refractivity contribution is 7.97. The Bertz CT molecular complexity index is 53.7. The van der Waals surface area contributed by atoms with Crippen LogP contribution in [0.15, 0.2) is 0 Å². The van der Waals surface area contributed by atoms with Gasteiger partial charge in [0.05, 0.1) is 0 Å². The van der Waals surface area contributed by atoms with Crippen LogP contribution in [0.25, 0.3) is 0 Å². The van der Waals surface area contributed by atoms with E-state index in [1.165, 1.54) is 18.4 Å². The first-order valence-electron chi connectivity index (χ1n) is 2.40.